The lowest BCUT2D eigenvalue weighted by molar-refractivity contribution is -0.134. The molecule has 1 saturated heterocycles. The summed E-state index contributed by atoms with van der Waals surface area (Å²) in [6.45, 7) is 7.14. The molecule has 1 saturated carbocycles. The number of hydrogen-bond acceptors (Lipinski definition) is 5. The van der Waals surface area contributed by atoms with Crippen molar-refractivity contribution in [2.75, 3.05) is 31.1 Å². The molecule has 0 bridgehead atoms. The second-order valence-corrected chi connectivity index (χ2v) is 8.24. The molecular formula is C21H26N6O. The first-order valence-corrected chi connectivity index (χ1v) is 10.3. The zero-order chi connectivity index (χ0) is 19.3. The van der Waals surface area contributed by atoms with E-state index >= 15 is 0 Å². The van der Waals surface area contributed by atoms with Crippen molar-refractivity contribution in [2.45, 2.75) is 39.0 Å². The molecule has 0 atom stereocenters. The summed E-state index contributed by atoms with van der Waals surface area (Å²) in [6.07, 6.45) is 3.28. The lowest BCUT2D eigenvalue weighted by Crippen LogP contribution is -2.38. The summed E-state index contributed by atoms with van der Waals surface area (Å²) >= 11 is 0. The molecule has 2 aliphatic rings. The van der Waals surface area contributed by atoms with Crippen LogP contribution in [0.3, 0.4) is 0 Å². The molecule has 1 aliphatic heterocycles. The second-order valence-electron chi connectivity index (χ2n) is 8.24. The van der Waals surface area contributed by atoms with Gasteiger partial charge in [0.15, 0.2) is 5.65 Å². The van der Waals surface area contributed by atoms with Gasteiger partial charge in [0.05, 0.1) is 5.52 Å². The summed E-state index contributed by atoms with van der Waals surface area (Å²) in [5.74, 6) is 2.71. The first kappa shape index (κ1) is 17.4. The third-order valence-electron chi connectivity index (χ3n) is 5.78. The molecule has 2 fully saturated rings. The van der Waals surface area contributed by atoms with E-state index in [1.165, 1.54) is 12.8 Å². The number of nitrogens with zero attached hydrogens (tertiary/aromatic N) is 6. The van der Waals surface area contributed by atoms with Gasteiger partial charge in [0.1, 0.15) is 5.82 Å². The van der Waals surface area contributed by atoms with Crippen LogP contribution in [-0.4, -0.2) is 56.6 Å². The van der Waals surface area contributed by atoms with Gasteiger partial charge in [-0.25, -0.2) is 9.38 Å². The summed E-state index contributed by atoms with van der Waals surface area (Å²) in [5, 5.41) is 10.1. The number of anilines is 1. The molecule has 3 heterocycles. The highest BCUT2D eigenvalue weighted by atomic mass is 16.2. The van der Waals surface area contributed by atoms with Crippen LogP contribution in [0.25, 0.3) is 16.6 Å². The van der Waals surface area contributed by atoms with Crippen molar-refractivity contribution in [2.24, 2.45) is 5.92 Å². The molecule has 146 valence electrons. The lowest BCUT2D eigenvalue weighted by Gasteiger charge is -2.25. The monoisotopic (exact) mass is 378 g/mol. The van der Waals surface area contributed by atoms with Crippen molar-refractivity contribution in [3.05, 3.63) is 30.1 Å². The highest BCUT2D eigenvalue weighted by Crippen LogP contribution is 2.40. The Labute approximate surface area is 164 Å². The normalized spacial score (nSPS) is 18.2. The SMILES string of the molecule is CC(C)C(=O)N1CCCN(c2nc3ccccc3c3nnc(C4CC4)n23)CC1. The highest BCUT2D eigenvalue weighted by molar-refractivity contribution is 5.92. The molecule has 7 heteroatoms. The van der Waals surface area contributed by atoms with Crippen molar-refractivity contribution in [1.29, 1.82) is 0 Å². The number of aromatic nitrogens is 4. The largest absolute Gasteiger partial charge is 0.341 e. The van der Waals surface area contributed by atoms with Gasteiger partial charge in [-0.05, 0) is 31.4 Å². The molecule has 0 spiro atoms. The van der Waals surface area contributed by atoms with E-state index in [0.29, 0.717) is 5.92 Å². The topological polar surface area (TPSA) is 66.6 Å². The third-order valence-corrected chi connectivity index (χ3v) is 5.78. The number of para-hydroxylation sites is 1. The van der Waals surface area contributed by atoms with Crippen molar-refractivity contribution < 1.29 is 4.79 Å². The molecule has 1 amide bonds. The van der Waals surface area contributed by atoms with Crippen LogP contribution in [-0.2, 0) is 4.79 Å². The summed E-state index contributed by atoms with van der Waals surface area (Å²) in [5.41, 5.74) is 1.83. The van der Waals surface area contributed by atoms with Gasteiger partial charge < -0.3 is 9.80 Å². The zero-order valence-electron chi connectivity index (χ0n) is 16.5. The molecule has 0 N–H and O–H groups in total. The first-order valence-electron chi connectivity index (χ1n) is 10.3. The summed E-state index contributed by atoms with van der Waals surface area (Å²) in [6, 6.07) is 8.14. The van der Waals surface area contributed by atoms with E-state index < -0.39 is 0 Å². The maximum Gasteiger partial charge on any atom is 0.225 e. The standard InChI is InChI=1S/C21H26N6O/c1-14(2)20(28)25-10-5-11-26(13-12-25)21-22-17-7-4-3-6-16(17)19-24-23-18(27(19)21)15-8-9-15/h3-4,6-7,14-15H,5,8-13H2,1-2H3. The van der Waals surface area contributed by atoms with Gasteiger partial charge in [0.2, 0.25) is 11.9 Å². The fourth-order valence-electron chi connectivity index (χ4n) is 4.11. The Morgan fingerprint density at radius 2 is 1.89 bits per heavy atom. The van der Waals surface area contributed by atoms with E-state index in [4.69, 9.17) is 4.98 Å². The van der Waals surface area contributed by atoms with E-state index in [-0.39, 0.29) is 11.8 Å². The van der Waals surface area contributed by atoms with Gasteiger partial charge in [0, 0.05) is 43.4 Å². The molecule has 0 radical (unpaired) electrons. The minimum Gasteiger partial charge on any atom is -0.341 e. The van der Waals surface area contributed by atoms with Gasteiger partial charge in [0.25, 0.3) is 0 Å². The number of carbonyl (C=O) groups is 1. The highest BCUT2D eigenvalue weighted by Gasteiger charge is 2.32. The Morgan fingerprint density at radius 3 is 2.68 bits per heavy atom. The summed E-state index contributed by atoms with van der Waals surface area (Å²) in [7, 11) is 0. The van der Waals surface area contributed by atoms with Crippen molar-refractivity contribution >= 4 is 28.4 Å². The molecule has 7 nitrogen and oxygen atoms in total. The third kappa shape index (κ3) is 2.89. The number of fused-ring (bicyclic) bond motifs is 3. The predicted octanol–water partition coefficient (Wildman–Crippen LogP) is 2.85. The van der Waals surface area contributed by atoms with Crippen LogP contribution < -0.4 is 4.90 Å². The van der Waals surface area contributed by atoms with E-state index in [2.05, 4.69) is 25.6 Å². The lowest BCUT2D eigenvalue weighted by atomic mass is 10.2. The van der Waals surface area contributed by atoms with Crippen LogP contribution in [0.4, 0.5) is 5.95 Å². The Balaban J connectivity index is 1.57. The Hall–Kier alpha value is -2.70. The zero-order valence-corrected chi connectivity index (χ0v) is 16.5. The fourth-order valence-corrected chi connectivity index (χ4v) is 4.11. The van der Waals surface area contributed by atoms with E-state index in [0.717, 1.165) is 60.9 Å². The number of rotatable bonds is 3. The number of benzene rings is 1. The van der Waals surface area contributed by atoms with Crippen molar-refractivity contribution in [1.82, 2.24) is 24.5 Å². The predicted molar refractivity (Wildman–Crippen MR) is 109 cm³/mol. The molecule has 1 aliphatic carbocycles. The quantitative estimate of drug-likeness (QED) is 0.701. The first-order chi connectivity index (χ1) is 13.6. The number of hydrogen-bond donors (Lipinski definition) is 0. The van der Waals surface area contributed by atoms with E-state index in [1.807, 2.05) is 36.9 Å². The molecular weight excluding hydrogens is 352 g/mol. The number of amides is 1. The maximum atomic E-state index is 12.5. The Bertz CT molecular complexity index is 1040. The van der Waals surface area contributed by atoms with E-state index in [9.17, 15) is 4.79 Å². The molecule has 28 heavy (non-hydrogen) atoms. The van der Waals surface area contributed by atoms with Crippen LogP contribution >= 0.6 is 0 Å². The van der Waals surface area contributed by atoms with Crippen LogP contribution in [0.5, 0.6) is 0 Å². The van der Waals surface area contributed by atoms with Gasteiger partial charge >= 0.3 is 0 Å². The van der Waals surface area contributed by atoms with E-state index in [1.54, 1.807) is 0 Å². The van der Waals surface area contributed by atoms with Crippen molar-refractivity contribution in [3.8, 4) is 0 Å². The van der Waals surface area contributed by atoms with Crippen LogP contribution in [0, 0.1) is 5.92 Å². The molecule has 3 aromatic rings. The molecule has 2 aromatic heterocycles. The smallest absolute Gasteiger partial charge is 0.225 e. The van der Waals surface area contributed by atoms with Crippen molar-refractivity contribution in [3.63, 3.8) is 0 Å². The van der Waals surface area contributed by atoms with Gasteiger partial charge in [-0.3, -0.25) is 4.79 Å². The fraction of sp³-hybridized carbons (Fsp3) is 0.524. The summed E-state index contributed by atoms with van der Waals surface area (Å²) < 4.78 is 2.17. The van der Waals surface area contributed by atoms with Crippen LogP contribution in [0.2, 0.25) is 0 Å². The van der Waals surface area contributed by atoms with Crippen LogP contribution in [0.15, 0.2) is 24.3 Å². The Kier molecular flexibility index (Phi) is 4.18. The summed E-state index contributed by atoms with van der Waals surface area (Å²) in [4.78, 5) is 21.8. The maximum absolute atomic E-state index is 12.5. The average molecular weight is 378 g/mol. The average Bonchev–Trinajstić information content (AvgIpc) is 3.49. The van der Waals surface area contributed by atoms with Crippen LogP contribution in [0.1, 0.15) is 44.9 Å². The molecule has 5 rings (SSSR count). The minimum absolute atomic E-state index is 0.0383. The number of carbonyl (C=O) groups excluding carboxylic acids is 1. The Morgan fingerprint density at radius 1 is 1.07 bits per heavy atom. The molecule has 0 unspecified atom stereocenters. The van der Waals surface area contributed by atoms with Gasteiger partial charge in [-0.2, -0.15) is 0 Å². The van der Waals surface area contributed by atoms with Gasteiger partial charge in [-0.1, -0.05) is 26.0 Å². The van der Waals surface area contributed by atoms with Gasteiger partial charge in [-0.15, -0.1) is 10.2 Å². The molecule has 1 aromatic carbocycles. The minimum atomic E-state index is 0.0383. The second kappa shape index (κ2) is 6.72.